The zero-order valence-electron chi connectivity index (χ0n) is 6.59. The number of benzene rings is 1. The van der Waals surface area contributed by atoms with Crippen molar-refractivity contribution in [3.05, 3.63) is 23.8 Å². The quantitative estimate of drug-likeness (QED) is 0.700. The van der Waals surface area contributed by atoms with Gasteiger partial charge in [0.05, 0.1) is 28.4 Å². The van der Waals surface area contributed by atoms with Crippen molar-refractivity contribution < 1.29 is 13.2 Å². The maximum atomic E-state index is 12.3. The van der Waals surface area contributed by atoms with Crippen molar-refractivity contribution in [1.82, 2.24) is 13.2 Å². The molecule has 14 heavy (non-hydrogen) atoms. The van der Waals surface area contributed by atoms with E-state index in [0.717, 1.165) is 12.1 Å². The van der Waals surface area contributed by atoms with Gasteiger partial charge < -0.3 is 0 Å². The first-order valence-electron chi connectivity index (χ1n) is 3.57. The second-order valence-corrected chi connectivity index (χ2v) is 3.56. The fraction of sp³-hybridized carbons (Fsp3) is 0.143. The zero-order chi connectivity index (χ0) is 10.3. The number of halogens is 4. The fourth-order valence-corrected chi connectivity index (χ4v) is 1.55. The molecule has 0 atom stereocenters. The molecule has 0 aliphatic rings. The minimum Gasteiger partial charge on any atom is -0.184 e. The molecule has 1 heterocycles. The number of aromatic nitrogens is 3. The van der Waals surface area contributed by atoms with E-state index in [1.54, 1.807) is 22.9 Å². The number of nitrogens with zero attached hydrogens (tertiary/aromatic N) is 3. The van der Waals surface area contributed by atoms with E-state index < -0.39 is 11.7 Å². The first-order valence-corrected chi connectivity index (χ1v) is 4.54. The highest BCUT2D eigenvalue weighted by Crippen LogP contribution is 2.31. The van der Waals surface area contributed by atoms with Crippen LogP contribution in [-0.2, 0) is 6.18 Å². The van der Waals surface area contributed by atoms with E-state index in [2.05, 4.69) is 10.3 Å². The van der Waals surface area contributed by atoms with E-state index in [-0.39, 0.29) is 0 Å². The second-order valence-electron chi connectivity index (χ2n) is 2.65. The van der Waals surface area contributed by atoms with Gasteiger partial charge in [-0.3, -0.25) is 0 Å². The highest BCUT2D eigenvalue weighted by atomic mass is 127. The van der Waals surface area contributed by atoms with E-state index in [1.807, 2.05) is 0 Å². The Kier molecular flexibility index (Phi) is 2.13. The summed E-state index contributed by atoms with van der Waals surface area (Å²) in [6, 6.07) is 3.33. The first kappa shape index (κ1) is 9.69. The number of fused-ring (bicyclic) bond motifs is 1. The van der Waals surface area contributed by atoms with Gasteiger partial charge >= 0.3 is 6.18 Å². The molecule has 74 valence electrons. The van der Waals surface area contributed by atoms with Crippen LogP contribution < -0.4 is 0 Å². The topological polar surface area (TPSA) is 30.7 Å². The van der Waals surface area contributed by atoms with Crippen molar-refractivity contribution in [2.45, 2.75) is 6.18 Å². The molecule has 0 aliphatic carbocycles. The maximum Gasteiger partial charge on any atom is 0.416 e. The van der Waals surface area contributed by atoms with Gasteiger partial charge in [0.25, 0.3) is 0 Å². The van der Waals surface area contributed by atoms with Gasteiger partial charge in [0.15, 0.2) is 0 Å². The highest BCUT2D eigenvalue weighted by molar-refractivity contribution is 14.1. The lowest BCUT2D eigenvalue weighted by Gasteiger charge is -2.05. The summed E-state index contributed by atoms with van der Waals surface area (Å²) in [6.45, 7) is 0. The summed E-state index contributed by atoms with van der Waals surface area (Å²) in [5, 5.41) is 7.28. The Labute approximate surface area is 90.4 Å². The molecule has 0 bridgehead atoms. The predicted octanol–water partition coefficient (Wildman–Crippen LogP) is 2.65. The van der Waals surface area contributed by atoms with Crippen molar-refractivity contribution in [2.75, 3.05) is 0 Å². The monoisotopic (exact) mass is 313 g/mol. The normalized spacial score (nSPS) is 12.3. The molecule has 0 aliphatic heterocycles. The molecule has 7 heteroatoms. The van der Waals surface area contributed by atoms with Crippen molar-refractivity contribution in [3.63, 3.8) is 0 Å². The summed E-state index contributed by atoms with van der Waals surface area (Å²) in [6.07, 6.45) is -4.32. The van der Waals surface area contributed by atoms with Crippen molar-refractivity contribution >= 4 is 33.9 Å². The molecule has 0 saturated heterocycles. The molecule has 0 amide bonds. The number of rotatable bonds is 0. The van der Waals surface area contributed by atoms with E-state index in [9.17, 15) is 13.2 Å². The third-order valence-corrected chi connectivity index (χ3v) is 2.45. The van der Waals surface area contributed by atoms with Gasteiger partial charge in [-0.05, 0) is 18.2 Å². The summed E-state index contributed by atoms with van der Waals surface area (Å²) >= 11 is 1.77. The Morgan fingerprint density at radius 1 is 1.29 bits per heavy atom. The third kappa shape index (κ3) is 1.56. The molecule has 0 spiro atoms. The molecule has 0 saturated carbocycles. The Balaban J connectivity index is 2.66. The van der Waals surface area contributed by atoms with Gasteiger partial charge in [-0.25, -0.2) is 0 Å². The van der Waals surface area contributed by atoms with Crippen LogP contribution in [0.5, 0.6) is 0 Å². The van der Waals surface area contributed by atoms with Crippen LogP contribution in [0.4, 0.5) is 13.2 Å². The molecule has 1 aromatic carbocycles. The number of alkyl halides is 3. The molecule has 0 radical (unpaired) electrons. The standard InChI is InChI=1S/C7H3F3IN3/c8-7(9,10)4-1-2-5-6(3-4)14(11)13-12-5/h1-3H. The SMILES string of the molecule is FC(F)(F)c1ccc2nnn(I)c2c1. The second kappa shape index (κ2) is 3.07. The minimum absolute atomic E-state index is 0.362. The Morgan fingerprint density at radius 2 is 2.00 bits per heavy atom. The van der Waals surface area contributed by atoms with Gasteiger partial charge in [-0.2, -0.15) is 16.1 Å². The largest absolute Gasteiger partial charge is 0.416 e. The van der Waals surface area contributed by atoms with Crippen LogP contribution in [0.2, 0.25) is 0 Å². The Morgan fingerprint density at radius 3 is 2.64 bits per heavy atom. The lowest BCUT2D eigenvalue weighted by atomic mass is 10.2. The fourth-order valence-electron chi connectivity index (χ4n) is 1.07. The van der Waals surface area contributed by atoms with Crippen LogP contribution in [0.3, 0.4) is 0 Å². The first-order chi connectivity index (χ1) is 6.48. The summed E-state index contributed by atoms with van der Waals surface area (Å²) in [5.74, 6) is 0. The number of hydrogen-bond donors (Lipinski definition) is 0. The molecule has 0 fully saturated rings. The van der Waals surface area contributed by atoms with Gasteiger partial charge in [-0.1, -0.05) is 5.21 Å². The summed E-state index contributed by atoms with van der Waals surface area (Å²) < 4.78 is 38.2. The van der Waals surface area contributed by atoms with E-state index in [4.69, 9.17) is 0 Å². The van der Waals surface area contributed by atoms with Crippen LogP contribution in [0.1, 0.15) is 5.56 Å². The van der Waals surface area contributed by atoms with E-state index in [0.29, 0.717) is 11.0 Å². The highest BCUT2D eigenvalue weighted by Gasteiger charge is 2.30. The third-order valence-electron chi connectivity index (χ3n) is 1.73. The van der Waals surface area contributed by atoms with Crippen LogP contribution in [0.15, 0.2) is 18.2 Å². The molecule has 0 unspecified atom stereocenters. The van der Waals surface area contributed by atoms with E-state index in [1.165, 1.54) is 8.96 Å². The van der Waals surface area contributed by atoms with Crippen molar-refractivity contribution in [2.24, 2.45) is 0 Å². The Bertz CT molecular complexity index is 476. The summed E-state index contributed by atoms with van der Waals surface area (Å²) in [4.78, 5) is 0. The number of hydrogen-bond acceptors (Lipinski definition) is 2. The maximum absolute atomic E-state index is 12.3. The van der Waals surface area contributed by atoms with Gasteiger partial charge in [0.2, 0.25) is 0 Å². The Hall–Kier alpha value is -0.860. The van der Waals surface area contributed by atoms with Gasteiger partial charge in [-0.15, -0.1) is 5.10 Å². The van der Waals surface area contributed by atoms with Crippen LogP contribution in [-0.4, -0.2) is 13.2 Å². The molecule has 0 N–H and O–H groups in total. The van der Waals surface area contributed by atoms with Crippen molar-refractivity contribution in [3.8, 4) is 0 Å². The minimum atomic E-state index is -4.32. The van der Waals surface area contributed by atoms with Gasteiger partial charge in [0.1, 0.15) is 11.0 Å². The summed E-state index contributed by atoms with van der Waals surface area (Å²) in [5.41, 5.74) is 0.123. The van der Waals surface area contributed by atoms with Crippen LogP contribution in [0.25, 0.3) is 11.0 Å². The molecule has 1 aromatic heterocycles. The van der Waals surface area contributed by atoms with Crippen LogP contribution in [0, 0.1) is 0 Å². The molecule has 2 aromatic rings. The average Bonchev–Trinajstić information content (AvgIpc) is 2.46. The molecular formula is C7H3F3IN3. The predicted molar refractivity (Wildman–Crippen MR) is 51.9 cm³/mol. The molecular weight excluding hydrogens is 310 g/mol. The lowest BCUT2D eigenvalue weighted by molar-refractivity contribution is -0.137. The lowest BCUT2D eigenvalue weighted by Crippen LogP contribution is -2.04. The molecule has 3 nitrogen and oxygen atoms in total. The smallest absolute Gasteiger partial charge is 0.184 e. The summed E-state index contributed by atoms with van der Waals surface area (Å²) in [7, 11) is 0. The zero-order valence-corrected chi connectivity index (χ0v) is 8.74. The van der Waals surface area contributed by atoms with Crippen molar-refractivity contribution in [1.29, 1.82) is 0 Å². The van der Waals surface area contributed by atoms with Gasteiger partial charge in [0, 0.05) is 0 Å². The average molecular weight is 313 g/mol. The van der Waals surface area contributed by atoms with Crippen LogP contribution >= 0.6 is 22.9 Å². The van der Waals surface area contributed by atoms with E-state index >= 15 is 0 Å². The molecule has 2 rings (SSSR count).